The van der Waals surface area contributed by atoms with Gasteiger partial charge in [-0.15, -0.1) is 48.0 Å². The summed E-state index contributed by atoms with van der Waals surface area (Å²) in [6, 6.07) is 21.7. The van der Waals surface area contributed by atoms with Gasteiger partial charge in [0.25, 0.3) is 0 Å². The standard InChI is InChI=1S/2C7H7.2HI.Sn/c2*1-7-5-3-2-4-6-7;;;/h2*2-6H,1H2;2*1H;. The third-order valence-corrected chi connectivity index (χ3v) is 6.10. The van der Waals surface area contributed by atoms with Crippen molar-refractivity contribution in [2.24, 2.45) is 0 Å². The Hall–Kier alpha value is 0.699. The van der Waals surface area contributed by atoms with Crippen LogP contribution in [0.4, 0.5) is 0 Å². The van der Waals surface area contributed by atoms with Gasteiger partial charge in [-0.3, -0.25) is 0 Å². The zero-order chi connectivity index (χ0) is 10.3. The van der Waals surface area contributed by atoms with E-state index in [4.69, 9.17) is 0 Å². The fourth-order valence-corrected chi connectivity index (χ4v) is 4.89. The summed E-state index contributed by atoms with van der Waals surface area (Å²) in [4.78, 5) is 0. The molecule has 0 fully saturated rings. The first-order chi connectivity index (χ1) is 7.45. The van der Waals surface area contributed by atoms with Crippen LogP contribution in [0.15, 0.2) is 60.7 Å². The molecule has 0 nitrogen and oxygen atoms in total. The molecule has 3 heteroatoms. The van der Waals surface area contributed by atoms with Crippen LogP contribution in [0.1, 0.15) is 11.1 Å². The van der Waals surface area contributed by atoms with Crippen LogP contribution in [0.2, 0.25) is 0 Å². The summed E-state index contributed by atoms with van der Waals surface area (Å²) in [6.45, 7) is 0. The number of halogens is 2. The molecule has 0 aliphatic heterocycles. The predicted octanol–water partition coefficient (Wildman–Crippen LogP) is 4.33. The first kappa shape index (κ1) is 17.7. The van der Waals surface area contributed by atoms with E-state index in [2.05, 4.69) is 60.7 Å². The van der Waals surface area contributed by atoms with Crippen molar-refractivity contribution in [3.63, 3.8) is 0 Å². The van der Waals surface area contributed by atoms with E-state index in [0.29, 0.717) is 0 Å². The van der Waals surface area contributed by atoms with Gasteiger partial charge in [-0.1, -0.05) is 0 Å². The summed E-state index contributed by atoms with van der Waals surface area (Å²) in [7, 11) is 0. The molecule has 0 heterocycles. The summed E-state index contributed by atoms with van der Waals surface area (Å²) >= 11 is -0.258. The summed E-state index contributed by atoms with van der Waals surface area (Å²) in [5.74, 6) is 0. The molecule has 90 valence electrons. The molecule has 0 amide bonds. The Balaban J connectivity index is 0.00000128. The normalized spacial score (nSPS) is 8.94. The zero-order valence-corrected chi connectivity index (χ0v) is 17.0. The van der Waals surface area contributed by atoms with Gasteiger partial charge in [0.1, 0.15) is 0 Å². The summed E-state index contributed by atoms with van der Waals surface area (Å²) in [5.41, 5.74) is 3.03. The van der Waals surface area contributed by atoms with E-state index in [9.17, 15) is 0 Å². The average molecular weight is 557 g/mol. The monoisotopic (exact) mass is 558 g/mol. The SMILES string of the molecule is I.I.c1ccc([CH2][Sn][CH2]c2ccccc2)cc1. The topological polar surface area (TPSA) is 0 Å². The van der Waals surface area contributed by atoms with Gasteiger partial charge in [-0.25, -0.2) is 0 Å². The Morgan fingerprint density at radius 2 is 0.941 bits per heavy atom. The van der Waals surface area contributed by atoms with Gasteiger partial charge in [0.2, 0.25) is 0 Å². The molecule has 2 aromatic carbocycles. The van der Waals surface area contributed by atoms with Crippen LogP contribution in [0.5, 0.6) is 0 Å². The van der Waals surface area contributed by atoms with Crippen molar-refractivity contribution in [3.05, 3.63) is 71.8 Å². The molecule has 0 bridgehead atoms. The fourth-order valence-electron chi connectivity index (χ4n) is 1.54. The molecule has 0 aliphatic carbocycles. The van der Waals surface area contributed by atoms with Crippen molar-refractivity contribution in [2.45, 2.75) is 8.87 Å². The van der Waals surface area contributed by atoms with Crippen molar-refractivity contribution in [1.82, 2.24) is 0 Å². The van der Waals surface area contributed by atoms with E-state index >= 15 is 0 Å². The van der Waals surface area contributed by atoms with Gasteiger partial charge in [0, 0.05) is 0 Å². The van der Waals surface area contributed by atoms with Crippen molar-refractivity contribution >= 4 is 69.1 Å². The van der Waals surface area contributed by atoms with Crippen molar-refractivity contribution in [3.8, 4) is 0 Å². The molecule has 2 rings (SSSR count). The Bertz CT molecular complexity index is 350. The molecule has 0 saturated carbocycles. The molecular formula is C14H16I2Sn. The third-order valence-electron chi connectivity index (χ3n) is 2.34. The van der Waals surface area contributed by atoms with Gasteiger partial charge in [-0.2, -0.15) is 0 Å². The van der Waals surface area contributed by atoms with Gasteiger partial charge in [0.05, 0.1) is 0 Å². The fraction of sp³-hybridized carbons (Fsp3) is 0.143. The second kappa shape index (κ2) is 10.6. The summed E-state index contributed by atoms with van der Waals surface area (Å²) in [6.07, 6.45) is 0. The Morgan fingerprint density at radius 1 is 0.588 bits per heavy atom. The number of hydrogen-bond acceptors (Lipinski definition) is 0. The first-order valence-electron chi connectivity index (χ1n) is 5.24. The van der Waals surface area contributed by atoms with E-state index in [1.165, 1.54) is 20.0 Å². The first-order valence-corrected chi connectivity index (χ1v) is 9.27. The quantitative estimate of drug-likeness (QED) is 0.389. The third kappa shape index (κ3) is 7.00. The van der Waals surface area contributed by atoms with Gasteiger partial charge < -0.3 is 0 Å². The molecule has 0 aliphatic rings. The molecule has 2 aromatic rings. The van der Waals surface area contributed by atoms with Crippen LogP contribution in [0, 0.1) is 0 Å². The van der Waals surface area contributed by atoms with E-state index in [0.717, 1.165) is 0 Å². The van der Waals surface area contributed by atoms with Crippen LogP contribution in [0.25, 0.3) is 0 Å². The summed E-state index contributed by atoms with van der Waals surface area (Å²) in [5, 5.41) is 0. The molecule has 17 heavy (non-hydrogen) atoms. The Labute approximate surface area is 148 Å². The molecule has 0 atom stereocenters. The second-order valence-electron chi connectivity index (χ2n) is 3.57. The van der Waals surface area contributed by atoms with E-state index < -0.39 is 0 Å². The maximum absolute atomic E-state index is 2.24. The minimum absolute atomic E-state index is 0. The second-order valence-corrected chi connectivity index (χ2v) is 7.02. The van der Waals surface area contributed by atoms with Crippen molar-refractivity contribution in [2.75, 3.05) is 0 Å². The molecule has 0 N–H and O–H groups in total. The Kier molecular flexibility index (Phi) is 11.0. The molecule has 0 unspecified atom stereocenters. The van der Waals surface area contributed by atoms with Gasteiger partial charge >= 0.3 is 102 Å². The van der Waals surface area contributed by atoms with Crippen molar-refractivity contribution in [1.29, 1.82) is 0 Å². The van der Waals surface area contributed by atoms with Crippen LogP contribution < -0.4 is 0 Å². The van der Waals surface area contributed by atoms with E-state index in [-0.39, 0.29) is 69.1 Å². The van der Waals surface area contributed by atoms with Crippen molar-refractivity contribution < 1.29 is 0 Å². The Morgan fingerprint density at radius 3 is 1.29 bits per heavy atom. The average Bonchev–Trinajstić information content (AvgIpc) is 2.32. The number of rotatable bonds is 4. The maximum atomic E-state index is 2.24. The van der Waals surface area contributed by atoms with E-state index in [1.807, 2.05) is 0 Å². The molecule has 0 spiro atoms. The number of benzene rings is 2. The van der Waals surface area contributed by atoms with Crippen LogP contribution in [-0.4, -0.2) is 21.1 Å². The molecule has 2 radical (unpaired) electrons. The molecular weight excluding hydrogens is 541 g/mol. The van der Waals surface area contributed by atoms with Gasteiger partial charge in [0.15, 0.2) is 0 Å². The van der Waals surface area contributed by atoms with Crippen LogP contribution in [0.3, 0.4) is 0 Å². The number of hydrogen-bond donors (Lipinski definition) is 0. The molecule has 0 aromatic heterocycles. The minimum atomic E-state index is -0.258. The van der Waals surface area contributed by atoms with Gasteiger partial charge in [-0.05, 0) is 0 Å². The predicted molar refractivity (Wildman–Crippen MR) is 96.9 cm³/mol. The van der Waals surface area contributed by atoms with E-state index in [1.54, 1.807) is 0 Å². The zero-order valence-electron chi connectivity index (χ0n) is 9.50. The summed E-state index contributed by atoms with van der Waals surface area (Å²) < 4.78 is 2.69. The molecule has 0 saturated heterocycles. The van der Waals surface area contributed by atoms with Crippen LogP contribution >= 0.6 is 48.0 Å². The van der Waals surface area contributed by atoms with Crippen LogP contribution in [-0.2, 0) is 8.87 Å².